The molecule has 25 heavy (non-hydrogen) atoms. The molecule has 0 saturated heterocycles. The van der Waals surface area contributed by atoms with Gasteiger partial charge in [0.1, 0.15) is 0 Å². The molecule has 2 aromatic rings. The van der Waals surface area contributed by atoms with Crippen molar-refractivity contribution >= 4 is 11.8 Å². The number of aromatic nitrogens is 2. The first kappa shape index (κ1) is 18.5. The number of nitrogens with zero attached hydrogens (tertiary/aromatic N) is 3. The van der Waals surface area contributed by atoms with Gasteiger partial charge in [-0.2, -0.15) is 0 Å². The van der Waals surface area contributed by atoms with Crippen LogP contribution in [0.4, 0.5) is 0 Å². The van der Waals surface area contributed by atoms with Crippen LogP contribution in [-0.4, -0.2) is 53.9 Å². The molecule has 0 unspecified atom stereocenters. The zero-order chi connectivity index (χ0) is 18.1. The minimum absolute atomic E-state index is 0.231. The van der Waals surface area contributed by atoms with E-state index in [4.69, 9.17) is 0 Å². The number of hydrogen-bond acceptors (Lipinski definition) is 5. The summed E-state index contributed by atoms with van der Waals surface area (Å²) in [7, 11) is 3.97. The van der Waals surface area contributed by atoms with Crippen LogP contribution in [0.2, 0.25) is 0 Å². The molecule has 132 valence electrons. The lowest BCUT2D eigenvalue weighted by Crippen LogP contribution is -2.28. The number of nitrogens with one attached hydrogen (secondary N) is 2. The summed E-state index contributed by atoms with van der Waals surface area (Å²) in [5, 5.41) is 5.60. The third-order valence-corrected chi connectivity index (χ3v) is 3.49. The second kappa shape index (κ2) is 9.48. The fraction of sp³-hybridized carbons (Fsp3) is 0.333. The van der Waals surface area contributed by atoms with Gasteiger partial charge >= 0.3 is 0 Å². The number of pyridine rings is 2. The third-order valence-electron chi connectivity index (χ3n) is 3.49. The Morgan fingerprint density at radius 3 is 2.44 bits per heavy atom. The predicted octanol–water partition coefficient (Wildman–Crippen LogP) is 1.09. The molecule has 0 radical (unpaired) electrons. The van der Waals surface area contributed by atoms with Gasteiger partial charge in [0, 0.05) is 25.1 Å². The number of amides is 2. The summed E-state index contributed by atoms with van der Waals surface area (Å²) in [5.74, 6) is -0.522. The molecule has 0 aromatic carbocycles. The van der Waals surface area contributed by atoms with Crippen molar-refractivity contribution in [1.82, 2.24) is 25.5 Å². The largest absolute Gasteiger partial charge is 0.352 e. The van der Waals surface area contributed by atoms with Crippen LogP contribution in [-0.2, 0) is 6.54 Å². The predicted molar refractivity (Wildman–Crippen MR) is 95.1 cm³/mol. The molecule has 2 rings (SSSR count). The summed E-state index contributed by atoms with van der Waals surface area (Å²) in [6.07, 6.45) is 5.42. The van der Waals surface area contributed by atoms with Crippen LogP contribution >= 0.6 is 0 Å². The van der Waals surface area contributed by atoms with E-state index in [1.54, 1.807) is 12.3 Å². The van der Waals surface area contributed by atoms with Crippen molar-refractivity contribution in [3.05, 3.63) is 59.7 Å². The zero-order valence-corrected chi connectivity index (χ0v) is 14.5. The molecule has 0 fully saturated rings. The Kier molecular flexibility index (Phi) is 7.03. The maximum atomic E-state index is 12.2. The number of hydrogen-bond donors (Lipinski definition) is 2. The van der Waals surface area contributed by atoms with Gasteiger partial charge in [-0.05, 0) is 45.3 Å². The van der Waals surface area contributed by atoms with Gasteiger partial charge in [-0.1, -0.05) is 6.07 Å². The van der Waals surface area contributed by atoms with Crippen molar-refractivity contribution in [3.63, 3.8) is 0 Å². The van der Waals surface area contributed by atoms with Crippen molar-refractivity contribution < 1.29 is 9.59 Å². The van der Waals surface area contributed by atoms with E-state index in [2.05, 4.69) is 25.5 Å². The van der Waals surface area contributed by atoms with Crippen molar-refractivity contribution in [2.75, 3.05) is 27.2 Å². The van der Waals surface area contributed by atoms with E-state index >= 15 is 0 Å². The highest BCUT2D eigenvalue weighted by Crippen LogP contribution is 2.04. The van der Waals surface area contributed by atoms with E-state index in [1.807, 2.05) is 32.3 Å². The topological polar surface area (TPSA) is 87.2 Å². The molecule has 0 aliphatic carbocycles. The summed E-state index contributed by atoms with van der Waals surface area (Å²) in [6.45, 7) is 1.79. The first-order valence-electron chi connectivity index (χ1n) is 8.12. The molecule has 2 aromatic heterocycles. The number of carbonyl (C=O) groups is 2. The molecular weight excluding hydrogens is 318 g/mol. The van der Waals surface area contributed by atoms with Crippen LogP contribution in [0.3, 0.4) is 0 Å². The molecule has 0 saturated carbocycles. The maximum Gasteiger partial charge on any atom is 0.253 e. The average molecular weight is 341 g/mol. The molecule has 7 heteroatoms. The summed E-state index contributed by atoms with van der Waals surface area (Å²) in [6, 6.07) is 7.05. The summed E-state index contributed by atoms with van der Waals surface area (Å²) >= 11 is 0. The zero-order valence-electron chi connectivity index (χ0n) is 14.5. The fourth-order valence-corrected chi connectivity index (χ4v) is 2.16. The Hall–Kier alpha value is -2.80. The Morgan fingerprint density at radius 1 is 1.08 bits per heavy atom. The van der Waals surface area contributed by atoms with E-state index in [9.17, 15) is 9.59 Å². The summed E-state index contributed by atoms with van der Waals surface area (Å²) < 4.78 is 0. The Labute approximate surface area is 147 Å². The van der Waals surface area contributed by atoms with E-state index in [1.165, 1.54) is 12.4 Å². The highest BCUT2D eigenvalue weighted by Gasteiger charge is 2.11. The lowest BCUT2D eigenvalue weighted by molar-refractivity contribution is 0.0950. The smallest absolute Gasteiger partial charge is 0.253 e. The van der Waals surface area contributed by atoms with Crippen molar-refractivity contribution in [3.8, 4) is 0 Å². The second-order valence-electron chi connectivity index (χ2n) is 5.88. The van der Waals surface area contributed by atoms with Crippen LogP contribution < -0.4 is 10.6 Å². The molecule has 0 spiro atoms. The molecule has 2 N–H and O–H groups in total. The van der Waals surface area contributed by atoms with Gasteiger partial charge < -0.3 is 15.5 Å². The van der Waals surface area contributed by atoms with Gasteiger partial charge in [0.05, 0.1) is 23.4 Å². The molecule has 2 heterocycles. The van der Waals surface area contributed by atoms with Gasteiger partial charge in [0.2, 0.25) is 0 Å². The lowest BCUT2D eigenvalue weighted by Gasteiger charge is -2.10. The quantitative estimate of drug-likeness (QED) is 0.702. The Balaban J connectivity index is 1.88. The van der Waals surface area contributed by atoms with E-state index in [0.29, 0.717) is 24.2 Å². The van der Waals surface area contributed by atoms with Gasteiger partial charge in [-0.15, -0.1) is 0 Å². The molecule has 2 amide bonds. The normalized spacial score (nSPS) is 10.5. The molecule has 7 nitrogen and oxygen atoms in total. The van der Waals surface area contributed by atoms with E-state index in [-0.39, 0.29) is 11.8 Å². The van der Waals surface area contributed by atoms with Crippen molar-refractivity contribution in [2.45, 2.75) is 13.0 Å². The first-order valence-corrected chi connectivity index (χ1v) is 8.12. The summed E-state index contributed by atoms with van der Waals surface area (Å²) in [4.78, 5) is 34.5. The van der Waals surface area contributed by atoms with Crippen LogP contribution in [0, 0.1) is 0 Å². The van der Waals surface area contributed by atoms with Crippen LogP contribution in [0.25, 0.3) is 0 Å². The SMILES string of the molecule is CN(C)CCCNC(=O)c1cncc(C(=O)NCc2ccccn2)c1. The standard InChI is InChI=1S/C18H23N5O2/c1-23(2)9-5-8-21-17(24)14-10-15(12-19-11-14)18(25)22-13-16-6-3-4-7-20-16/h3-4,6-7,10-12H,5,8-9,13H2,1-2H3,(H,21,24)(H,22,25). The summed E-state index contributed by atoms with van der Waals surface area (Å²) in [5.41, 5.74) is 1.48. The fourth-order valence-electron chi connectivity index (χ4n) is 2.16. The maximum absolute atomic E-state index is 12.2. The lowest BCUT2D eigenvalue weighted by atomic mass is 10.2. The molecule has 0 aliphatic rings. The van der Waals surface area contributed by atoms with Crippen LogP contribution in [0.15, 0.2) is 42.9 Å². The van der Waals surface area contributed by atoms with Crippen LogP contribution in [0.5, 0.6) is 0 Å². The molecule has 0 atom stereocenters. The average Bonchev–Trinajstić information content (AvgIpc) is 2.64. The monoisotopic (exact) mass is 341 g/mol. The minimum atomic E-state index is -0.291. The highest BCUT2D eigenvalue weighted by atomic mass is 16.2. The van der Waals surface area contributed by atoms with Crippen molar-refractivity contribution in [2.24, 2.45) is 0 Å². The molecule has 0 bridgehead atoms. The van der Waals surface area contributed by atoms with E-state index < -0.39 is 0 Å². The van der Waals surface area contributed by atoms with Gasteiger partial charge in [-0.3, -0.25) is 19.6 Å². The van der Waals surface area contributed by atoms with Gasteiger partial charge in [0.25, 0.3) is 11.8 Å². The first-order chi connectivity index (χ1) is 12.1. The molecule has 0 aliphatic heterocycles. The number of rotatable bonds is 8. The second-order valence-corrected chi connectivity index (χ2v) is 5.88. The Bertz CT molecular complexity index is 704. The van der Waals surface area contributed by atoms with Gasteiger partial charge in [0.15, 0.2) is 0 Å². The van der Waals surface area contributed by atoms with Crippen LogP contribution in [0.1, 0.15) is 32.8 Å². The third kappa shape index (κ3) is 6.31. The highest BCUT2D eigenvalue weighted by molar-refractivity contribution is 5.99. The Morgan fingerprint density at radius 2 is 1.80 bits per heavy atom. The number of carbonyl (C=O) groups excluding carboxylic acids is 2. The van der Waals surface area contributed by atoms with Crippen molar-refractivity contribution in [1.29, 1.82) is 0 Å². The molecular formula is C18H23N5O2. The minimum Gasteiger partial charge on any atom is -0.352 e. The van der Waals surface area contributed by atoms with Gasteiger partial charge in [-0.25, -0.2) is 0 Å². The van der Waals surface area contributed by atoms with E-state index in [0.717, 1.165) is 18.7 Å².